The number of aliphatic imine (C=N–C) groups is 1. The molecular weight excluding hydrogens is 608 g/mol. The lowest BCUT2D eigenvalue weighted by molar-refractivity contribution is -0.134. The van der Waals surface area contributed by atoms with Crippen molar-refractivity contribution in [3.05, 3.63) is 38.2 Å². The summed E-state index contributed by atoms with van der Waals surface area (Å²) in [4.78, 5) is 55.6. The number of Topliss-reactive ketones (excluding diaryl/α,β-unsaturated/α-hetero) is 1. The Hall–Kier alpha value is -2.66. The molecule has 13 heteroatoms. The zero-order valence-electron chi connectivity index (χ0n) is 24.3. The van der Waals surface area contributed by atoms with Gasteiger partial charge in [0.15, 0.2) is 5.78 Å². The highest BCUT2D eigenvalue weighted by molar-refractivity contribution is 6.40. The van der Waals surface area contributed by atoms with E-state index in [0.717, 1.165) is 4.90 Å². The molecule has 0 radical (unpaired) electrons. The van der Waals surface area contributed by atoms with Gasteiger partial charge in [0.25, 0.3) is 5.91 Å². The number of fused-ring (bicyclic) bond motifs is 3. The SMILES string of the molecule is Cc1cc(Cl)c(C(=O)CN(CC2CC(C)(C)C2)C(=O)C(C=N)C(=NC23CCC(C(=O)N=O)(CC2)CC3)C(F)(F)F)c(Cl)c1. The third-order valence-electron chi connectivity index (χ3n) is 9.39. The fourth-order valence-electron chi connectivity index (χ4n) is 7.17. The number of nitroso groups, excluding NO2 is 1. The van der Waals surface area contributed by atoms with Crippen molar-refractivity contribution in [1.82, 2.24) is 4.90 Å². The molecule has 0 aromatic heterocycles. The van der Waals surface area contributed by atoms with E-state index in [1.165, 1.54) is 12.1 Å². The molecule has 2 amide bonds. The van der Waals surface area contributed by atoms with Crippen molar-refractivity contribution < 1.29 is 27.6 Å². The molecule has 5 rings (SSSR count). The number of amides is 2. The van der Waals surface area contributed by atoms with E-state index in [-0.39, 0.29) is 72.0 Å². The summed E-state index contributed by atoms with van der Waals surface area (Å²) in [5.41, 5.74) is -2.87. The number of ketones is 1. The van der Waals surface area contributed by atoms with Gasteiger partial charge < -0.3 is 10.3 Å². The summed E-state index contributed by atoms with van der Waals surface area (Å²) in [5.74, 6) is -4.59. The van der Waals surface area contributed by atoms with Gasteiger partial charge in [-0.05, 0) is 87.3 Å². The lowest BCUT2D eigenvalue weighted by Crippen LogP contribution is -2.52. The molecule has 4 aliphatic rings. The first-order chi connectivity index (χ1) is 19.9. The zero-order valence-corrected chi connectivity index (χ0v) is 25.8. The van der Waals surface area contributed by atoms with Gasteiger partial charge in [0, 0.05) is 17.9 Å². The summed E-state index contributed by atoms with van der Waals surface area (Å²) in [6.07, 6.45) is -2.31. The average Bonchev–Trinajstić information content (AvgIpc) is 2.90. The van der Waals surface area contributed by atoms with Gasteiger partial charge in [0.1, 0.15) is 11.6 Å². The normalized spacial score (nSPS) is 25.9. The topological polar surface area (TPSA) is 120 Å². The quantitative estimate of drug-likeness (QED) is 0.162. The van der Waals surface area contributed by atoms with Crippen LogP contribution in [0.1, 0.15) is 81.1 Å². The van der Waals surface area contributed by atoms with Crippen LogP contribution in [0.2, 0.25) is 10.0 Å². The van der Waals surface area contributed by atoms with Crippen molar-refractivity contribution in [2.24, 2.45) is 32.8 Å². The Balaban J connectivity index is 1.66. The number of nitrogens with one attached hydrogen (secondary N) is 1. The van der Waals surface area contributed by atoms with E-state index in [1.54, 1.807) is 6.92 Å². The molecule has 1 aromatic carbocycles. The van der Waals surface area contributed by atoms with Crippen LogP contribution in [0.15, 0.2) is 22.3 Å². The Labute approximate surface area is 258 Å². The summed E-state index contributed by atoms with van der Waals surface area (Å²) in [5, 5.41) is 10.6. The van der Waals surface area contributed by atoms with E-state index >= 15 is 0 Å². The lowest BCUT2D eigenvalue weighted by atomic mass is 9.57. The van der Waals surface area contributed by atoms with Crippen LogP contribution in [0.25, 0.3) is 0 Å². The zero-order chi connectivity index (χ0) is 32.0. The van der Waals surface area contributed by atoms with E-state index in [2.05, 4.69) is 10.2 Å². The standard InChI is InChI=1S/C30H35Cl2F3N4O4/c1-17-10-20(31)23(21(32)11-17)22(40)16-39(15-18-12-27(2,3)13-18)25(41)19(14-36)24(30(33,34)35)37-29-7-4-28(5-8-29,6-9-29)26(42)38-43/h10-11,14,18-19,36H,4-9,12-13,15-16H2,1-3H3. The van der Waals surface area contributed by atoms with Gasteiger partial charge in [0.2, 0.25) is 5.91 Å². The smallest absolute Gasteiger partial charge is 0.334 e. The summed E-state index contributed by atoms with van der Waals surface area (Å²) >= 11 is 12.6. The predicted molar refractivity (Wildman–Crippen MR) is 158 cm³/mol. The van der Waals surface area contributed by atoms with E-state index in [9.17, 15) is 32.5 Å². The first-order valence-corrected chi connectivity index (χ1v) is 15.0. The predicted octanol–water partition coefficient (Wildman–Crippen LogP) is 7.40. The minimum absolute atomic E-state index is 0.00357. The molecule has 8 nitrogen and oxygen atoms in total. The summed E-state index contributed by atoms with van der Waals surface area (Å²) in [7, 11) is 0. The van der Waals surface area contributed by atoms with Crippen LogP contribution in [0, 0.1) is 39.9 Å². The van der Waals surface area contributed by atoms with Crippen LogP contribution in [-0.4, -0.2) is 59.2 Å². The second-order valence-electron chi connectivity index (χ2n) is 13.2. The molecule has 0 heterocycles. The van der Waals surface area contributed by atoms with E-state index in [0.29, 0.717) is 24.6 Å². The van der Waals surface area contributed by atoms with Crippen molar-refractivity contribution in [1.29, 1.82) is 5.41 Å². The highest BCUT2D eigenvalue weighted by atomic mass is 35.5. The fraction of sp³-hybridized carbons (Fsp3) is 0.633. The molecule has 43 heavy (non-hydrogen) atoms. The third-order valence-corrected chi connectivity index (χ3v) is 9.99. The van der Waals surface area contributed by atoms with Crippen LogP contribution >= 0.6 is 23.2 Å². The maximum Gasteiger partial charge on any atom is 0.430 e. The highest BCUT2D eigenvalue weighted by Crippen LogP contribution is 2.55. The van der Waals surface area contributed by atoms with Gasteiger partial charge >= 0.3 is 6.18 Å². The number of nitrogens with zero attached hydrogens (tertiary/aromatic N) is 3. The molecule has 2 bridgehead atoms. The minimum Gasteiger partial charge on any atom is -0.334 e. The van der Waals surface area contributed by atoms with Gasteiger partial charge in [-0.15, -0.1) is 4.91 Å². The maximum absolute atomic E-state index is 14.6. The molecule has 1 unspecified atom stereocenters. The number of rotatable bonds is 10. The molecule has 4 saturated carbocycles. The van der Waals surface area contributed by atoms with Gasteiger partial charge in [-0.1, -0.05) is 37.0 Å². The minimum atomic E-state index is -5.05. The molecule has 1 aromatic rings. The summed E-state index contributed by atoms with van der Waals surface area (Å²) < 4.78 is 43.8. The Bertz CT molecular complexity index is 1320. The highest BCUT2D eigenvalue weighted by Gasteiger charge is 2.55. The Morgan fingerprint density at radius 1 is 1.07 bits per heavy atom. The van der Waals surface area contributed by atoms with Gasteiger partial charge in [-0.25, -0.2) is 0 Å². The van der Waals surface area contributed by atoms with Crippen LogP contribution < -0.4 is 0 Å². The first-order valence-electron chi connectivity index (χ1n) is 14.3. The van der Waals surface area contributed by atoms with Gasteiger partial charge in [-0.3, -0.25) is 19.4 Å². The molecule has 4 aliphatic carbocycles. The molecule has 0 aliphatic heterocycles. The number of benzene rings is 1. The number of hydrogen-bond acceptors (Lipinski definition) is 6. The molecule has 0 saturated heterocycles. The second-order valence-corrected chi connectivity index (χ2v) is 14.0. The Morgan fingerprint density at radius 2 is 1.60 bits per heavy atom. The number of alkyl halides is 3. The van der Waals surface area contributed by atoms with E-state index < -0.39 is 52.9 Å². The average molecular weight is 644 g/mol. The second kappa shape index (κ2) is 12.0. The molecule has 234 valence electrons. The number of carbonyl (C=O) groups is 3. The van der Waals surface area contributed by atoms with Gasteiger partial charge in [-0.2, -0.15) is 13.2 Å². The maximum atomic E-state index is 14.6. The van der Waals surface area contributed by atoms with Crippen LogP contribution in [0.5, 0.6) is 0 Å². The molecule has 4 fully saturated rings. The number of hydrogen-bond donors (Lipinski definition) is 1. The van der Waals surface area contributed by atoms with Gasteiger partial charge in [0.05, 0.1) is 33.1 Å². The van der Waals surface area contributed by atoms with Crippen molar-refractivity contribution >= 4 is 52.7 Å². The first kappa shape index (κ1) is 33.2. The van der Waals surface area contributed by atoms with Crippen LogP contribution in [0.3, 0.4) is 0 Å². The van der Waals surface area contributed by atoms with E-state index in [1.807, 2.05) is 13.8 Å². The van der Waals surface area contributed by atoms with E-state index in [4.69, 9.17) is 28.6 Å². The number of carbonyl (C=O) groups excluding carboxylic acids is 3. The monoisotopic (exact) mass is 642 g/mol. The molecule has 1 atom stereocenters. The van der Waals surface area contributed by atoms with Crippen molar-refractivity contribution in [2.75, 3.05) is 13.1 Å². The molecule has 1 N–H and O–H groups in total. The summed E-state index contributed by atoms with van der Waals surface area (Å²) in [6, 6.07) is 3.08. The Kier molecular flexibility index (Phi) is 9.30. The Morgan fingerprint density at radius 3 is 2.05 bits per heavy atom. The largest absolute Gasteiger partial charge is 0.430 e. The van der Waals surface area contributed by atoms with Crippen molar-refractivity contribution in [3.63, 3.8) is 0 Å². The fourth-order valence-corrected chi connectivity index (χ4v) is 7.98. The third kappa shape index (κ3) is 6.87. The van der Waals surface area contributed by atoms with Crippen LogP contribution in [0.4, 0.5) is 13.2 Å². The van der Waals surface area contributed by atoms with Crippen molar-refractivity contribution in [2.45, 2.75) is 83.9 Å². The molecular formula is C30H35Cl2F3N4O4. The van der Waals surface area contributed by atoms with Crippen LogP contribution in [-0.2, 0) is 9.59 Å². The number of aryl methyl sites for hydroxylation is 1. The number of halogens is 5. The lowest BCUT2D eigenvalue weighted by Gasteiger charge is -2.49. The summed E-state index contributed by atoms with van der Waals surface area (Å²) in [6.45, 7) is 5.29. The van der Waals surface area contributed by atoms with Crippen molar-refractivity contribution in [3.8, 4) is 0 Å². The molecule has 0 spiro atoms.